The van der Waals surface area contributed by atoms with E-state index in [1.165, 1.54) is 17.4 Å². The van der Waals surface area contributed by atoms with Crippen LogP contribution >= 0.6 is 11.6 Å². The second-order valence-electron chi connectivity index (χ2n) is 5.66. The van der Waals surface area contributed by atoms with Gasteiger partial charge in [0.1, 0.15) is 0 Å². The summed E-state index contributed by atoms with van der Waals surface area (Å²) in [5, 5.41) is 0.150. The maximum atomic E-state index is 12.4. The van der Waals surface area contributed by atoms with Gasteiger partial charge in [-0.25, -0.2) is 0 Å². The number of alkyl halides is 3. The van der Waals surface area contributed by atoms with Crippen molar-refractivity contribution in [3.05, 3.63) is 60.0 Å². The predicted molar refractivity (Wildman–Crippen MR) is 99.8 cm³/mol. The van der Waals surface area contributed by atoms with Gasteiger partial charge < -0.3 is 14.4 Å². The Hall–Kier alpha value is -1.82. The lowest BCUT2D eigenvalue weighted by Gasteiger charge is -2.27. The Morgan fingerprint density at radius 3 is 2.35 bits per heavy atom. The Kier molecular flexibility index (Phi) is 10.9. The number of nitrogens with zero attached hydrogens (tertiary/aromatic N) is 1. The zero-order valence-corrected chi connectivity index (χ0v) is 16.5. The smallest absolute Gasteiger partial charge is 0.502 e. The zero-order chi connectivity index (χ0) is 20.3. The number of halogens is 4. The minimum atomic E-state index is -4.77. The van der Waals surface area contributed by atoms with E-state index in [9.17, 15) is 13.2 Å². The van der Waals surface area contributed by atoms with E-state index in [2.05, 4.69) is 22.6 Å². The average Bonchev–Trinajstić information content (AvgIpc) is 2.51. The first kappa shape index (κ1) is 24.2. The van der Waals surface area contributed by atoms with Crippen LogP contribution in [0.4, 0.5) is 13.2 Å². The van der Waals surface area contributed by atoms with Gasteiger partial charge in [-0.15, -0.1) is 13.2 Å². The highest BCUT2D eigenvalue weighted by atomic mass is 35.5. The van der Waals surface area contributed by atoms with Gasteiger partial charge in [-0.2, -0.15) is 0 Å². The van der Waals surface area contributed by atoms with Crippen molar-refractivity contribution in [2.24, 2.45) is 5.92 Å². The molecule has 148 valence electrons. The van der Waals surface area contributed by atoms with E-state index in [4.69, 9.17) is 11.6 Å². The largest absolute Gasteiger partial charge is 0.573 e. The molecular weight excluding hydrogens is 367 g/mol. The van der Waals surface area contributed by atoms with Crippen molar-refractivity contribution in [2.45, 2.75) is 46.9 Å². The zero-order valence-electron chi connectivity index (χ0n) is 15.7. The number of ether oxygens (including phenoxy) is 2. The molecule has 0 unspecified atom stereocenters. The summed E-state index contributed by atoms with van der Waals surface area (Å²) in [6.45, 7) is 15.7. The maximum absolute atomic E-state index is 12.4. The van der Waals surface area contributed by atoms with Crippen LogP contribution in [-0.4, -0.2) is 17.9 Å². The highest BCUT2D eigenvalue weighted by molar-refractivity contribution is 6.31. The van der Waals surface area contributed by atoms with Crippen molar-refractivity contribution in [3.63, 3.8) is 0 Å². The second-order valence-corrected chi connectivity index (χ2v) is 6.09. The molecule has 0 saturated heterocycles. The van der Waals surface area contributed by atoms with Gasteiger partial charge in [0.05, 0.1) is 23.6 Å². The molecule has 0 fully saturated rings. The molecule has 0 aliphatic carbocycles. The second kappa shape index (κ2) is 11.7. The normalized spacial score (nSPS) is 15.0. The molecule has 0 aromatic heterocycles. The van der Waals surface area contributed by atoms with E-state index in [1.54, 1.807) is 6.20 Å². The first-order valence-electron chi connectivity index (χ1n) is 8.31. The van der Waals surface area contributed by atoms with Gasteiger partial charge in [0.2, 0.25) is 0 Å². The molecule has 0 radical (unpaired) electrons. The van der Waals surface area contributed by atoms with Gasteiger partial charge in [-0.05, 0) is 19.3 Å². The van der Waals surface area contributed by atoms with E-state index in [-0.39, 0.29) is 16.6 Å². The average molecular weight is 394 g/mol. The van der Waals surface area contributed by atoms with E-state index < -0.39 is 12.1 Å². The number of hydrogen-bond acceptors (Lipinski definition) is 3. The van der Waals surface area contributed by atoms with Crippen molar-refractivity contribution >= 4 is 11.6 Å². The van der Waals surface area contributed by atoms with Gasteiger partial charge in [-0.1, -0.05) is 57.5 Å². The molecule has 26 heavy (non-hydrogen) atoms. The summed E-state index contributed by atoms with van der Waals surface area (Å²) in [5.74, 6) is -0.117. The third-order valence-corrected chi connectivity index (χ3v) is 3.43. The molecule has 1 rings (SSSR count). The van der Waals surface area contributed by atoms with Crippen LogP contribution < -0.4 is 0 Å². The third kappa shape index (κ3) is 9.61. The molecule has 0 amide bonds. The van der Waals surface area contributed by atoms with Crippen LogP contribution in [0.5, 0.6) is 0 Å². The molecule has 1 aliphatic rings. The minimum absolute atomic E-state index is 0.103. The summed E-state index contributed by atoms with van der Waals surface area (Å²) in [7, 11) is 0. The molecule has 0 N–H and O–H groups in total. The standard InChI is InChI=1S/C15H19ClF3NO.C4H8O/c1-5-6-12(10(2)3)8-20-9-13(16)7-14(11(20)4)21-15(17,18)19;1-3-5-4-2/h7-10H,4-6H2,1-3H3;3H,1,4H2,2H3/b12-8+;. The molecule has 7 heteroatoms. The molecule has 0 aromatic rings. The van der Waals surface area contributed by atoms with Crippen LogP contribution in [0.15, 0.2) is 60.0 Å². The SMILES string of the molecule is C=C1C(OC(F)(F)F)=CC(Cl)=CN1/C=C(\CCC)C(C)C.C=COCC. The topological polar surface area (TPSA) is 21.7 Å². The molecular formula is C19H27ClF3NO2. The first-order chi connectivity index (χ1) is 12.1. The molecule has 0 spiro atoms. The van der Waals surface area contributed by atoms with E-state index in [0.29, 0.717) is 0 Å². The first-order valence-corrected chi connectivity index (χ1v) is 8.68. The molecule has 0 bridgehead atoms. The minimum Gasteiger partial charge on any atom is -0.502 e. The Morgan fingerprint density at radius 1 is 1.35 bits per heavy atom. The van der Waals surface area contributed by atoms with Gasteiger partial charge in [0, 0.05) is 18.5 Å². The van der Waals surface area contributed by atoms with Crippen LogP contribution in [-0.2, 0) is 9.47 Å². The summed E-state index contributed by atoms with van der Waals surface area (Å²) in [6, 6.07) is 0. The van der Waals surface area contributed by atoms with E-state index >= 15 is 0 Å². The van der Waals surface area contributed by atoms with Gasteiger partial charge in [0.25, 0.3) is 0 Å². The highest BCUT2D eigenvalue weighted by Gasteiger charge is 2.34. The van der Waals surface area contributed by atoms with Crippen molar-refractivity contribution < 1.29 is 22.6 Å². The fourth-order valence-electron chi connectivity index (χ4n) is 2.00. The highest BCUT2D eigenvalue weighted by Crippen LogP contribution is 2.32. The van der Waals surface area contributed by atoms with E-state index in [0.717, 1.165) is 31.1 Å². The van der Waals surface area contributed by atoms with Crippen LogP contribution in [0, 0.1) is 5.92 Å². The van der Waals surface area contributed by atoms with Gasteiger partial charge in [-0.3, -0.25) is 0 Å². The van der Waals surface area contributed by atoms with Gasteiger partial charge >= 0.3 is 6.36 Å². The van der Waals surface area contributed by atoms with Crippen LogP contribution in [0.2, 0.25) is 0 Å². The summed E-state index contributed by atoms with van der Waals surface area (Å²) in [4.78, 5) is 1.48. The fourth-order valence-corrected chi connectivity index (χ4v) is 2.20. The van der Waals surface area contributed by atoms with E-state index in [1.807, 2.05) is 27.7 Å². The molecule has 0 saturated carbocycles. The van der Waals surface area contributed by atoms with Gasteiger partial charge in [0.15, 0.2) is 5.76 Å². The van der Waals surface area contributed by atoms with Crippen molar-refractivity contribution in [3.8, 4) is 0 Å². The molecule has 1 heterocycles. The lowest BCUT2D eigenvalue weighted by Crippen LogP contribution is -2.22. The Bertz CT molecular complexity index is 564. The van der Waals surface area contributed by atoms with Crippen molar-refractivity contribution in [1.29, 1.82) is 0 Å². The summed E-state index contributed by atoms with van der Waals surface area (Å²) in [5.41, 5.74) is 1.21. The Labute approximate surface area is 159 Å². The maximum Gasteiger partial charge on any atom is 0.573 e. The fraction of sp³-hybridized carbons (Fsp3) is 0.474. The summed E-state index contributed by atoms with van der Waals surface area (Å²) in [6.07, 6.45) is 2.85. The molecule has 0 atom stereocenters. The van der Waals surface area contributed by atoms with Crippen molar-refractivity contribution in [2.75, 3.05) is 6.61 Å². The monoisotopic (exact) mass is 393 g/mol. The lowest BCUT2D eigenvalue weighted by atomic mass is 9.99. The number of rotatable bonds is 7. The molecule has 0 aromatic carbocycles. The Morgan fingerprint density at radius 2 is 1.96 bits per heavy atom. The Balaban J connectivity index is 0.00000110. The summed E-state index contributed by atoms with van der Waals surface area (Å²) >= 11 is 5.87. The van der Waals surface area contributed by atoms with Crippen molar-refractivity contribution in [1.82, 2.24) is 4.90 Å². The number of allylic oxidation sites excluding steroid dienone is 3. The molecule has 1 aliphatic heterocycles. The van der Waals surface area contributed by atoms with Crippen LogP contribution in [0.25, 0.3) is 0 Å². The quantitative estimate of drug-likeness (QED) is 0.443. The lowest BCUT2D eigenvalue weighted by molar-refractivity contribution is -0.304. The predicted octanol–water partition coefficient (Wildman–Crippen LogP) is 6.82. The third-order valence-electron chi connectivity index (χ3n) is 3.22. The number of hydrogen-bond donors (Lipinski definition) is 0. The van der Waals surface area contributed by atoms with Crippen LogP contribution in [0.3, 0.4) is 0 Å². The van der Waals surface area contributed by atoms with Crippen LogP contribution in [0.1, 0.15) is 40.5 Å². The summed E-state index contributed by atoms with van der Waals surface area (Å²) < 4.78 is 45.7. The molecule has 3 nitrogen and oxygen atoms in total.